The van der Waals surface area contributed by atoms with Gasteiger partial charge in [-0.05, 0) is 112 Å². The molecule has 3 heterocycles. The molecule has 210 valence electrons. The molecule has 0 bridgehead atoms. The number of benzene rings is 3. The number of fused-ring (bicyclic) bond motifs is 3. The van der Waals surface area contributed by atoms with Gasteiger partial charge in [-0.3, -0.25) is 9.69 Å². The van der Waals surface area contributed by atoms with Gasteiger partial charge in [-0.1, -0.05) is 23.7 Å². The number of carbonyl (C=O) groups is 1. The van der Waals surface area contributed by atoms with E-state index in [1.54, 1.807) is 0 Å². The van der Waals surface area contributed by atoms with Crippen LogP contribution in [0.2, 0.25) is 5.02 Å². The predicted molar refractivity (Wildman–Crippen MR) is 157 cm³/mol. The zero-order valence-corrected chi connectivity index (χ0v) is 23.7. The molecule has 1 aromatic heterocycles. The first kappa shape index (κ1) is 28.1. The highest BCUT2D eigenvalue weighted by Gasteiger charge is 2.29. The van der Waals surface area contributed by atoms with E-state index in [-0.39, 0.29) is 11.9 Å². The number of hydrogen-bond donors (Lipinski definition) is 1. The molecule has 1 fully saturated rings. The van der Waals surface area contributed by atoms with Gasteiger partial charge in [0, 0.05) is 34.2 Å². The molecular weight excluding hydrogens is 529 g/mol. The molecule has 0 amide bonds. The lowest BCUT2D eigenvalue weighted by Gasteiger charge is -2.33. The molecule has 8 heteroatoms. The fraction of sp³-hybridized carbons (Fsp3) is 0.344. The van der Waals surface area contributed by atoms with Crippen LogP contribution in [0.25, 0.3) is 10.9 Å². The minimum absolute atomic E-state index is 0.223. The number of nitrogens with zero attached hydrogens (tertiary/aromatic N) is 2. The third kappa shape index (κ3) is 6.49. The summed E-state index contributed by atoms with van der Waals surface area (Å²) in [5, 5.41) is 2.05. The van der Waals surface area contributed by atoms with E-state index in [0.717, 1.165) is 36.8 Å². The first-order chi connectivity index (χ1) is 19.4. The Labute approximate surface area is 239 Å². The first-order valence-corrected chi connectivity index (χ1v) is 14.1. The van der Waals surface area contributed by atoms with Gasteiger partial charge in [0.15, 0.2) is 0 Å². The number of hydrogen-bond acceptors (Lipinski definition) is 5. The fourth-order valence-electron chi connectivity index (χ4n) is 5.77. The molecule has 2 aliphatic rings. The number of carbonyl (C=O) groups excluding carboxylic acids is 1. The standard InChI is InChI=1S/C25H30ClN3O.C7H5FO2/c1-28-13-3-4-19(28)12-15-30-20-8-5-17(6-9-20)25-24-21(11-14-29(25)2)22-16-18(26)7-10-23(22)27-24;8-6-1-3-7(4-2-6)10-5-9/h5-10,16,19,25,27H,3-4,11-15H2,1-2H3;1-5H. The maximum atomic E-state index is 12.2. The summed E-state index contributed by atoms with van der Waals surface area (Å²) >= 11 is 6.27. The van der Waals surface area contributed by atoms with Crippen molar-refractivity contribution in [2.75, 3.05) is 33.8 Å². The summed E-state index contributed by atoms with van der Waals surface area (Å²) in [7, 11) is 4.42. The van der Waals surface area contributed by atoms with Crippen molar-refractivity contribution in [1.29, 1.82) is 0 Å². The quantitative estimate of drug-likeness (QED) is 0.256. The van der Waals surface area contributed by atoms with E-state index in [1.807, 2.05) is 6.07 Å². The normalized spacial score (nSPS) is 19.1. The molecule has 2 unspecified atom stereocenters. The third-order valence-electron chi connectivity index (χ3n) is 7.91. The Morgan fingerprint density at radius 1 is 1.00 bits per heavy atom. The Balaban J connectivity index is 0.000000274. The van der Waals surface area contributed by atoms with Crippen molar-refractivity contribution in [1.82, 2.24) is 14.8 Å². The first-order valence-electron chi connectivity index (χ1n) is 13.7. The fourth-order valence-corrected chi connectivity index (χ4v) is 5.95. The lowest BCUT2D eigenvalue weighted by Crippen LogP contribution is -2.32. The Kier molecular flexibility index (Phi) is 9.04. The van der Waals surface area contributed by atoms with E-state index in [2.05, 4.69) is 70.0 Å². The van der Waals surface area contributed by atoms with Gasteiger partial charge >= 0.3 is 0 Å². The van der Waals surface area contributed by atoms with Gasteiger partial charge in [-0.2, -0.15) is 0 Å². The highest BCUT2D eigenvalue weighted by Crippen LogP contribution is 2.38. The topological polar surface area (TPSA) is 57.8 Å². The van der Waals surface area contributed by atoms with Crippen molar-refractivity contribution in [2.24, 2.45) is 0 Å². The molecule has 2 aliphatic heterocycles. The van der Waals surface area contributed by atoms with Crippen LogP contribution in [0, 0.1) is 5.82 Å². The second kappa shape index (κ2) is 12.9. The van der Waals surface area contributed by atoms with Crippen LogP contribution in [0.1, 0.15) is 42.1 Å². The van der Waals surface area contributed by atoms with Crippen molar-refractivity contribution in [3.63, 3.8) is 0 Å². The molecule has 2 atom stereocenters. The average Bonchev–Trinajstić information content (AvgIpc) is 3.53. The van der Waals surface area contributed by atoms with Crippen LogP contribution in [0.4, 0.5) is 4.39 Å². The van der Waals surface area contributed by atoms with Crippen LogP contribution in [0.3, 0.4) is 0 Å². The van der Waals surface area contributed by atoms with Crippen LogP contribution in [-0.4, -0.2) is 61.1 Å². The van der Waals surface area contributed by atoms with Gasteiger partial charge in [0.1, 0.15) is 17.3 Å². The number of aromatic nitrogens is 1. The lowest BCUT2D eigenvalue weighted by atomic mass is 9.93. The highest BCUT2D eigenvalue weighted by molar-refractivity contribution is 6.31. The molecular formula is C32H35ClFN3O3. The lowest BCUT2D eigenvalue weighted by molar-refractivity contribution is -0.120. The monoisotopic (exact) mass is 563 g/mol. The minimum atomic E-state index is -0.349. The largest absolute Gasteiger partial charge is 0.494 e. The number of H-pyrrole nitrogens is 1. The van der Waals surface area contributed by atoms with E-state index in [1.165, 1.54) is 71.4 Å². The highest BCUT2D eigenvalue weighted by atomic mass is 35.5. The van der Waals surface area contributed by atoms with Gasteiger partial charge in [0.05, 0.1) is 12.6 Å². The third-order valence-corrected chi connectivity index (χ3v) is 8.15. The second-order valence-electron chi connectivity index (χ2n) is 10.5. The van der Waals surface area contributed by atoms with E-state index in [9.17, 15) is 9.18 Å². The number of rotatable bonds is 7. The van der Waals surface area contributed by atoms with E-state index in [4.69, 9.17) is 16.3 Å². The van der Waals surface area contributed by atoms with Crippen LogP contribution >= 0.6 is 11.6 Å². The van der Waals surface area contributed by atoms with Gasteiger partial charge in [0.25, 0.3) is 6.47 Å². The molecule has 1 saturated heterocycles. The average molecular weight is 564 g/mol. The Morgan fingerprint density at radius 3 is 2.45 bits per heavy atom. The number of ether oxygens (including phenoxy) is 2. The van der Waals surface area contributed by atoms with E-state index in [0.29, 0.717) is 18.3 Å². The van der Waals surface area contributed by atoms with Crippen molar-refractivity contribution in [3.05, 3.63) is 94.4 Å². The number of nitrogens with one attached hydrogen (secondary N) is 1. The number of halogens is 2. The summed E-state index contributed by atoms with van der Waals surface area (Å²) < 4.78 is 22.7. The molecule has 4 aromatic rings. The second-order valence-corrected chi connectivity index (χ2v) is 10.9. The number of aromatic amines is 1. The van der Waals surface area contributed by atoms with Crippen molar-refractivity contribution in [2.45, 2.75) is 37.8 Å². The molecule has 3 aromatic carbocycles. The van der Waals surface area contributed by atoms with Crippen molar-refractivity contribution < 1.29 is 18.7 Å². The van der Waals surface area contributed by atoms with E-state index >= 15 is 0 Å². The SMILES string of the molecule is CN1CCCC1CCOc1ccc(C2c3[nH]c4ccc(Cl)cc4c3CCN2C)cc1.O=COc1ccc(F)cc1. The van der Waals surface area contributed by atoms with Gasteiger partial charge < -0.3 is 19.4 Å². The Morgan fingerprint density at radius 2 is 1.75 bits per heavy atom. The summed E-state index contributed by atoms with van der Waals surface area (Å²) in [4.78, 5) is 18.3. The summed E-state index contributed by atoms with van der Waals surface area (Å²) in [6.07, 6.45) is 4.75. The Hall–Kier alpha value is -3.39. The zero-order chi connectivity index (χ0) is 28.1. The van der Waals surface area contributed by atoms with Crippen LogP contribution in [-0.2, 0) is 11.2 Å². The van der Waals surface area contributed by atoms with Crippen molar-refractivity contribution >= 4 is 29.0 Å². The maximum Gasteiger partial charge on any atom is 0.298 e. The van der Waals surface area contributed by atoms with Gasteiger partial charge in [-0.15, -0.1) is 0 Å². The molecule has 0 radical (unpaired) electrons. The summed E-state index contributed by atoms with van der Waals surface area (Å²) in [6, 6.07) is 20.9. The summed E-state index contributed by atoms with van der Waals surface area (Å²) in [5.41, 5.74) is 5.15. The smallest absolute Gasteiger partial charge is 0.298 e. The van der Waals surface area contributed by atoms with Gasteiger partial charge in [-0.25, -0.2) is 4.39 Å². The molecule has 0 saturated carbocycles. The molecule has 6 nitrogen and oxygen atoms in total. The summed E-state index contributed by atoms with van der Waals surface area (Å²) in [5.74, 6) is 0.955. The number of likely N-dealkylation sites (N-methyl/N-ethyl adjacent to an activating group) is 1. The van der Waals surface area contributed by atoms with Crippen molar-refractivity contribution in [3.8, 4) is 11.5 Å². The molecule has 1 N–H and O–H groups in total. The Bertz CT molecular complexity index is 1420. The summed E-state index contributed by atoms with van der Waals surface area (Å²) in [6.45, 7) is 3.33. The molecule has 6 rings (SSSR count). The molecule has 0 spiro atoms. The van der Waals surface area contributed by atoms with E-state index < -0.39 is 0 Å². The minimum Gasteiger partial charge on any atom is -0.494 e. The van der Waals surface area contributed by atoms with Gasteiger partial charge in [0.2, 0.25) is 0 Å². The molecule has 0 aliphatic carbocycles. The number of likely N-dealkylation sites (tertiary alicyclic amines) is 1. The van der Waals surface area contributed by atoms with Crippen LogP contribution in [0.15, 0.2) is 66.7 Å². The predicted octanol–water partition coefficient (Wildman–Crippen LogP) is 6.62. The molecule has 40 heavy (non-hydrogen) atoms. The zero-order valence-electron chi connectivity index (χ0n) is 22.9. The van der Waals surface area contributed by atoms with Crippen LogP contribution < -0.4 is 9.47 Å². The van der Waals surface area contributed by atoms with Crippen LogP contribution in [0.5, 0.6) is 11.5 Å². The maximum absolute atomic E-state index is 12.2.